The normalized spacial score (nSPS) is 11.0. The minimum atomic E-state index is 0.145. The van der Waals surface area contributed by atoms with Crippen molar-refractivity contribution in [1.82, 2.24) is 14.9 Å². The van der Waals surface area contributed by atoms with Crippen LogP contribution in [0.2, 0.25) is 0 Å². The van der Waals surface area contributed by atoms with Crippen molar-refractivity contribution in [2.24, 2.45) is 0 Å². The lowest BCUT2D eigenvalue weighted by Crippen LogP contribution is -2.26. The standard InChI is InChI=1S/C19H21N3O/c23-12-11-22(14-16-7-3-1-4-8-16)15-18-13-20-19(21-18)17-9-5-2-6-10-17/h1-10,13,23H,11-12,14-15H2,(H,20,21). The molecule has 1 heterocycles. The highest BCUT2D eigenvalue weighted by molar-refractivity contribution is 5.54. The number of benzene rings is 2. The van der Waals surface area contributed by atoms with Gasteiger partial charge in [-0.15, -0.1) is 0 Å². The zero-order valence-corrected chi connectivity index (χ0v) is 13.0. The SMILES string of the molecule is OCCN(Cc1ccccc1)Cc1cnc(-c2ccccc2)[nH]1. The Bertz CT molecular complexity index is 710. The van der Waals surface area contributed by atoms with Gasteiger partial charge in [0.2, 0.25) is 0 Å². The molecule has 0 aliphatic rings. The minimum absolute atomic E-state index is 0.145. The van der Waals surface area contributed by atoms with E-state index in [9.17, 15) is 5.11 Å². The van der Waals surface area contributed by atoms with Crippen molar-refractivity contribution in [3.63, 3.8) is 0 Å². The molecule has 4 heteroatoms. The summed E-state index contributed by atoms with van der Waals surface area (Å²) in [5.74, 6) is 0.879. The summed E-state index contributed by atoms with van der Waals surface area (Å²) in [4.78, 5) is 10.0. The molecule has 0 aliphatic carbocycles. The third kappa shape index (κ3) is 4.28. The van der Waals surface area contributed by atoms with E-state index in [0.717, 1.165) is 30.2 Å². The molecule has 2 aromatic carbocycles. The number of aliphatic hydroxyl groups excluding tert-OH is 1. The first kappa shape index (κ1) is 15.5. The second kappa shape index (κ2) is 7.72. The van der Waals surface area contributed by atoms with E-state index in [-0.39, 0.29) is 6.61 Å². The number of hydrogen-bond acceptors (Lipinski definition) is 3. The molecule has 0 saturated heterocycles. The van der Waals surface area contributed by atoms with E-state index in [4.69, 9.17) is 0 Å². The molecule has 0 saturated carbocycles. The number of hydrogen-bond donors (Lipinski definition) is 2. The van der Waals surface area contributed by atoms with Gasteiger partial charge in [0.25, 0.3) is 0 Å². The van der Waals surface area contributed by atoms with Gasteiger partial charge in [0, 0.05) is 37.1 Å². The fourth-order valence-electron chi connectivity index (χ4n) is 2.62. The summed E-state index contributed by atoms with van der Waals surface area (Å²) < 4.78 is 0. The van der Waals surface area contributed by atoms with E-state index in [0.29, 0.717) is 6.54 Å². The highest BCUT2D eigenvalue weighted by atomic mass is 16.3. The number of imidazole rings is 1. The highest BCUT2D eigenvalue weighted by Crippen LogP contribution is 2.16. The van der Waals surface area contributed by atoms with E-state index in [2.05, 4.69) is 27.0 Å². The maximum Gasteiger partial charge on any atom is 0.137 e. The largest absolute Gasteiger partial charge is 0.395 e. The first-order valence-electron chi connectivity index (χ1n) is 7.81. The van der Waals surface area contributed by atoms with Gasteiger partial charge in [0.1, 0.15) is 5.82 Å². The molecule has 0 bridgehead atoms. The van der Waals surface area contributed by atoms with Crippen LogP contribution in [0.3, 0.4) is 0 Å². The molecule has 0 spiro atoms. The first-order chi connectivity index (χ1) is 11.3. The lowest BCUT2D eigenvalue weighted by molar-refractivity contribution is 0.183. The van der Waals surface area contributed by atoms with Crippen LogP contribution in [-0.4, -0.2) is 33.1 Å². The van der Waals surface area contributed by atoms with Crippen molar-refractivity contribution in [2.45, 2.75) is 13.1 Å². The number of aromatic nitrogens is 2. The summed E-state index contributed by atoms with van der Waals surface area (Å²) in [6.45, 7) is 2.32. The van der Waals surface area contributed by atoms with Crippen molar-refractivity contribution >= 4 is 0 Å². The molecule has 0 unspecified atom stereocenters. The van der Waals surface area contributed by atoms with Crippen LogP contribution in [0.1, 0.15) is 11.3 Å². The third-order valence-electron chi connectivity index (χ3n) is 3.73. The van der Waals surface area contributed by atoms with E-state index in [1.165, 1.54) is 5.56 Å². The number of nitrogens with zero attached hydrogens (tertiary/aromatic N) is 2. The van der Waals surface area contributed by atoms with Crippen LogP contribution >= 0.6 is 0 Å². The molecular weight excluding hydrogens is 286 g/mol. The van der Waals surface area contributed by atoms with Gasteiger partial charge in [-0.2, -0.15) is 0 Å². The predicted molar refractivity (Wildman–Crippen MR) is 91.7 cm³/mol. The Labute approximate surface area is 136 Å². The van der Waals surface area contributed by atoms with E-state index in [1.807, 2.05) is 54.7 Å². The highest BCUT2D eigenvalue weighted by Gasteiger charge is 2.09. The fourth-order valence-corrected chi connectivity index (χ4v) is 2.62. The molecule has 4 nitrogen and oxygen atoms in total. The Balaban J connectivity index is 1.69. The monoisotopic (exact) mass is 307 g/mol. The second-order valence-corrected chi connectivity index (χ2v) is 5.54. The molecule has 118 valence electrons. The van der Waals surface area contributed by atoms with Crippen molar-refractivity contribution in [3.05, 3.63) is 78.1 Å². The van der Waals surface area contributed by atoms with Gasteiger partial charge < -0.3 is 10.1 Å². The molecular formula is C19H21N3O. The topological polar surface area (TPSA) is 52.1 Å². The van der Waals surface area contributed by atoms with Gasteiger partial charge in [-0.05, 0) is 5.56 Å². The van der Waals surface area contributed by atoms with Gasteiger partial charge in [-0.1, -0.05) is 60.7 Å². The van der Waals surface area contributed by atoms with Crippen LogP contribution in [0.4, 0.5) is 0 Å². The molecule has 0 aliphatic heterocycles. The molecule has 3 aromatic rings. The molecule has 0 radical (unpaired) electrons. The lowest BCUT2D eigenvalue weighted by atomic mass is 10.2. The Kier molecular flexibility index (Phi) is 5.19. The average molecular weight is 307 g/mol. The van der Waals surface area contributed by atoms with E-state index in [1.54, 1.807) is 0 Å². The van der Waals surface area contributed by atoms with Crippen molar-refractivity contribution < 1.29 is 5.11 Å². The summed E-state index contributed by atoms with van der Waals surface area (Å²) in [7, 11) is 0. The molecule has 23 heavy (non-hydrogen) atoms. The second-order valence-electron chi connectivity index (χ2n) is 5.54. The van der Waals surface area contributed by atoms with Crippen LogP contribution in [0, 0.1) is 0 Å². The fraction of sp³-hybridized carbons (Fsp3) is 0.211. The number of nitrogens with one attached hydrogen (secondary N) is 1. The molecule has 0 fully saturated rings. The Morgan fingerprint density at radius 2 is 1.61 bits per heavy atom. The Hall–Kier alpha value is -2.43. The average Bonchev–Trinajstić information content (AvgIpc) is 3.05. The van der Waals surface area contributed by atoms with Crippen LogP contribution in [0.5, 0.6) is 0 Å². The summed E-state index contributed by atoms with van der Waals surface area (Å²) in [6, 6.07) is 20.4. The van der Waals surface area contributed by atoms with Crippen molar-refractivity contribution in [2.75, 3.05) is 13.2 Å². The lowest BCUT2D eigenvalue weighted by Gasteiger charge is -2.20. The van der Waals surface area contributed by atoms with E-state index < -0.39 is 0 Å². The molecule has 0 atom stereocenters. The predicted octanol–water partition coefficient (Wildman–Crippen LogP) is 3.07. The van der Waals surface area contributed by atoms with E-state index >= 15 is 0 Å². The number of rotatable bonds is 7. The minimum Gasteiger partial charge on any atom is -0.395 e. The smallest absolute Gasteiger partial charge is 0.137 e. The van der Waals surface area contributed by atoms with Gasteiger partial charge >= 0.3 is 0 Å². The quantitative estimate of drug-likeness (QED) is 0.705. The number of H-pyrrole nitrogens is 1. The van der Waals surface area contributed by atoms with Crippen molar-refractivity contribution in [1.29, 1.82) is 0 Å². The Morgan fingerprint density at radius 3 is 2.30 bits per heavy atom. The van der Waals surface area contributed by atoms with Gasteiger partial charge in [0.15, 0.2) is 0 Å². The first-order valence-corrected chi connectivity index (χ1v) is 7.81. The maximum absolute atomic E-state index is 9.31. The van der Waals surface area contributed by atoms with Crippen molar-refractivity contribution in [3.8, 4) is 11.4 Å². The summed E-state index contributed by atoms with van der Waals surface area (Å²) in [6.07, 6.45) is 1.87. The van der Waals surface area contributed by atoms with Gasteiger partial charge in [-0.3, -0.25) is 4.90 Å². The molecule has 2 N–H and O–H groups in total. The third-order valence-corrected chi connectivity index (χ3v) is 3.73. The summed E-state index contributed by atoms with van der Waals surface area (Å²) >= 11 is 0. The van der Waals surface area contributed by atoms with Crippen LogP contribution in [-0.2, 0) is 13.1 Å². The number of aromatic amines is 1. The van der Waals surface area contributed by atoms with Crippen LogP contribution < -0.4 is 0 Å². The summed E-state index contributed by atoms with van der Waals surface area (Å²) in [5.41, 5.74) is 3.37. The molecule has 3 rings (SSSR count). The zero-order chi connectivity index (χ0) is 15.9. The molecule has 0 amide bonds. The Morgan fingerprint density at radius 1 is 0.913 bits per heavy atom. The maximum atomic E-state index is 9.31. The van der Waals surface area contributed by atoms with Crippen LogP contribution in [0.25, 0.3) is 11.4 Å². The molecule has 1 aromatic heterocycles. The number of aliphatic hydroxyl groups is 1. The van der Waals surface area contributed by atoms with Gasteiger partial charge in [-0.25, -0.2) is 4.98 Å². The zero-order valence-electron chi connectivity index (χ0n) is 13.0. The summed E-state index contributed by atoms with van der Waals surface area (Å²) in [5, 5.41) is 9.31. The van der Waals surface area contributed by atoms with Crippen LogP contribution in [0.15, 0.2) is 66.9 Å². The van der Waals surface area contributed by atoms with Gasteiger partial charge in [0.05, 0.1) is 6.61 Å².